The molecule has 2 rings (SSSR count). The third-order valence-electron chi connectivity index (χ3n) is 2.59. The van der Waals surface area contributed by atoms with Gasteiger partial charge in [-0.25, -0.2) is 5.84 Å². The van der Waals surface area contributed by atoms with E-state index in [2.05, 4.69) is 0 Å². The Kier molecular flexibility index (Phi) is 2.97. The number of nitrogens with two attached hydrogens (primary N) is 1. The fourth-order valence-corrected chi connectivity index (χ4v) is 1.65. The number of anilines is 1. The van der Waals surface area contributed by atoms with E-state index in [1.807, 2.05) is 0 Å². The number of hydrazine groups is 1. The maximum absolute atomic E-state index is 11.8. The van der Waals surface area contributed by atoms with Crippen molar-refractivity contribution in [2.45, 2.75) is 0 Å². The summed E-state index contributed by atoms with van der Waals surface area (Å²) >= 11 is 0. The monoisotopic (exact) mass is 235 g/mol. The van der Waals surface area contributed by atoms with Gasteiger partial charge in [-0.2, -0.15) is 0 Å². The van der Waals surface area contributed by atoms with Crippen molar-refractivity contribution in [2.75, 3.05) is 25.1 Å². The van der Waals surface area contributed by atoms with E-state index in [0.717, 1.165) is 5.01 Å². The molecule has 0 spiro atoms. The van der Waals surface area contributed by atoms with Crippen LogP contribution in [-0.2, 0) is 9.59 Å². The molecule has 6 nitrogen and oxygen atoms in total. The van der Waals surface area contributed by atoms with Crippen LogP contribution in [0.25, 0.3) is 0 Å². The van der Waals surface area contributed by atoms with Gasteiger partial charge in [0.05, 0.1) is 7.11 Å². The number of hydrogen-bond acceptors (Lipinski definition) is 4. The van der Waals surface area contributed by atoms with Gasteiger partial charge in [0.15, 0.2) is 0 Å². The lowest BCUT2D eigenvalue weighted by Crippen LogP contribution is -2.56. The summed E-state index contributed by atoms with van der Waals surface area (Å²) in [5.74, 6) is 5.52. The van der Waals surface area contributed by atoms with Crippen molar-refractivity contribution in [3.8, 4) is 5.75 Å². The largest absolute Gasteiger partial charge is 0.497 e. The van der Waals surface area contributed by atoms with E-state index in [1.54, 1.807) is 31.4 Å². The molecule has 6 heteroatoms. The first-order valence-corrected chi connectivity index (χ1v) is 5.11. The normalized spacial score (nSPS) is 16.4. The summed E-state index contributed by atoms with van der Waals surface area (Å²) in [4.78, 5) is 24.6. The SMILES string of the molecule is COc1cccc(N2CC(=O)N(N)CC2=O)c1. The summed E-state index contributed by atoms with van der Waals surface area (Å²) in [5.41, 5.74) is 0.635. The Morgan fingerprint density at radius 3 is 2.71 bits per heavy atom. The van der Waals surface area contributed by atoms with Gasteiger partial charge < -0.3 is 9.64 Å². The first kappa shape index (κ1) is 11.4. The number of ether oxygens (including phenoxy) is 1. The van der Waals surface area contributed by atoms with Crippen molar-refractivity contribution in [1.82, 2.24) is 5.01 Å². The molecule has 0 aromatic heterocycles. The highest BCUT2D eigenvalue weighted by molar-refractivity contribution is 6.04. The van der Waals surface area contributed by atoms with Gasteiger partial charge in [-0.05, 0) is 12.1 Å². The topological polar surface area (TPSA) is 75.9 Å². The molecule has 0 aliphatic carbocycles. The molecule has 0 bridgehead atoms. The second-order valence-electron chi connectivity index (χ2n) is 3.70. The molecule has 1 fully saturated rings. The number of carbonyl (C=O) groups is 2. The van der Waals surface area contributed by atoms with Crippen molar-refractivity contribution in [3.05, 3.63) is 24.3 Å². The first-order chi connectivity index (χ1) is 8.11. The summed E-state index contributed by atoms with van der Waals surface area (Å²) in [7, 11) is 1.55. The maximum Gasteiger partial charge on any atom is 0.257 e. The first-order valence-electron chi connectivity index (χ1n) is 5.11. The third-order valence-corrected chi connectivity index (χ3v) is 2.59. The van der Waals surface area contributed by atoms with E-state index in [4.69, 9.17) is 10.6 Å². The summed E-state index contributed by atoms with van der Waals surface area (Å²) < 4.78 is 5.07. The zero-order chi connectivity index (χ0) is 12.4. The average molecular weight is 235 g/mol. The molecule has 90 valence electrons. The fourth-order valence-electron chi connectivity index (χ4n) is 1.65. The van der Waals surface area contributed by atoms with Gasteiger partial charge in [-0.3, -0.25) is 14.6 Å². The van der Waals surface area contributed by atoms with Crippen molar-refractivity contribution < 1.29 is 14.3 Å². The maximum atomic E-state index is 11.8. The molecule has 0 atom stereocenters. The molecule has 0 saturated carbocycles. The molecule has 0 unspecified atom stereocenters. The lowest BCUT2D eigenvalue weighted by molar-refractivity contribution is -0.138. The van der Waals surface area contributed by atoms with Crippen LogP contribution < -0.4 is 15.5 Å². The number of piperazine rings is 1. The molecule has 1 heterocycles. The molecule has 1 saturated heterocycles. The lowest BCUT2D eigenvalue weighted by atomic mass is 10.2. The Labute approximate surface area is 98.5 Å². The summed E-state index contributed by atoms with van der Waals surface area (Å²) in [6, 6.07) is 6.99. The Morgan fingerprint density at radius 2 is 2.00 bits per heavy atom. The number of nitrogens with zero attached hydrogens (tertiary/aromatic N) is 2. The molecule has 2 amide bonds. The van der Waals surface area contributed by atoms with Gasteiger partial charge in [-0.15, -0.1) is 0 Å². The van der Waals surface area contributed by atoms with E-state index in [0.29, 0.717) is 11.4 Å². The molecule has 1 aliphatic heterocycles. The molecular weight excluding hydrogens is 222 g/mol. The van der Waals surface area contributed by atoms with Gasteiger partial charge in [0, 0.05) is 11.8 Å². The number of hydrogen-bond donors (Lipinski definition) is 1. The number of benzene rings is 1. The summed E-state index contributed by atoms with van der Waals surface area (Å²) in [6.45, 7) is -0.140. The Hall–Kier alpha value is -2.08. The smallest absolute Gasteiger partial charge is 0.257 e. The predicted molar refractivity (Wildman–Crippen MR) is 61.2 cm³/mol. The minimum absolute atomic E-state index is 0.0392. The second-order valence-corrected chi connectivity index (χ2v) is 3.70. The highest BCUT2D eigenvalue weighted by atomic mass is 16.5. The molecule has 2 N–H and O–H groups in total. The molecule has 1 aromatic carbocycles. The van der Waals surface area contributed by atoms with Crippen molar-refractivity contribution in [2.24, 2.45) is 5.84 Å². The van der Waals surface area contributed by atoms with Crippen LogP contribution in [0.1, 0.15) is 0 Å². The van der Waals surface area contributed by atoms with E-state index < -0.39 is 0 Å². The van der Waals surface area contributed by atoms with Crippen LogP contribution in [0.15, 0.2) is 24.3 Å². The summed E-state index contributed by atoms with van der Waals surface area (Å²) in [6.07, 6.45) is 0. The van der Waals surface area contributed by atoms with Crippen molar-refractivity contribution in [1.29, 1.82) is 0 Å². The van der Waals surface area contributed by atoms with Crippen LogP contribution >= 0.6 is 0 Å². The highest BCUT2D eigenvalue weighted by Gasteiger charge is 2.29. The molecule has 0 radical (unpaired) electrons. The van der Waals surface area contributed by atoms with Crippen molar-refractivity contribution >= 4 is 17.5 Å². The lowest BCUT2D eigenvalue weighted by Gasteiger charge is -2.31. The number of carbonyl (C=O) groups excluding carboxylic acids is 2. The second kappa shape index (κ2) is 4.42. The highest BCUT2D eigenvalue weighted by Crippen LogP contribution is 2.22. The Bertz CT molecular complexity index is 461. The van der Waals surface area contributed by atoms with Crippen LogP contribution in [0.5, 0.6) is 5.75 Å². The minimum atomic E-state index is -0.285. The van der Waals surface area contributed by atoms with E-state index in [1.165, 1.54) is 4.90 Å². The van der Waals surface area contributed by atoms with E-state index >= 15 is 0 Å². The predicted octanol–water partition coefficient (Wildman–Crippen LogP) is -0.256. The average Bonchev–Trinajstić information content (AvgIpc) is 2.34. The zero-order valence-electron chi connectivity index (χ0n) is 9.42. The van der Waals surface area contributed by atoms with Crippen LogP contribution in [0, 0.1) is 0 Å². The van der Waals surface area contributed by atoms with Gasteiger partial charge in [0.1, 0.15) is 18.8 Å². The third kappa shape index (κ3) is 2.21. The fraction of sp³-hybridized carbons (Fsp3) is 0.273. The van der Waals surface area contributed by atoms with Gasteiger partial charge in [0.25, 0.3) is 5.91 Å². The van der Waals surface area contributed by atoms with Crippen LogP contribution in [0.3, 0.4) is 0 Å². The summed E-state index contributed by atoms with van der Waals surface area (Å²) in [5, 5.41) is 0.930. The van der Waals surface area contributed by atoms with E-state index in [-0.39, 0.29) is 24.9 Å². The number of methoxy groups -OCH3 is 1. The molecular formula is C11H13N3O3. The zero-order valence-corrected chi connectivity index (χ0v) is 9.42. The van der Waals surface area contributed by atoms with Crippen molar-refractivity contribution in [3.63, 3.8) is 0 Å². The Morgan fingerprint density at radius 1 is 1.24 bits per heavy atom. The number of amides is 2. The quantitative estimate of drug-likeness (QED) is 0.566. The number of rotatable bonds is 2. The molecule has 17 heavy (non-hydrogen) atoms. The Balaban J connectivity index is 2.26. The standard InChI is InChI=1S/C11H13N3O3/c1-17-9-4-2-3-8(5-9)13-6-11(16)14(12)7-10(13)15/h2-5H,6-7,12H2,1H3. The van der Waals surface area contributed by atoms with Gasteiger partial charge in [0.2, 0.25) is 5.91 Å². The van der Waals surface area contributed by atoms with Gasteiger partial charge in [-0.1, -0.05) is 6.07 Å². The molecule has 1 aromatic rings. The molecule has 1 aliphatic rings. The van der Waals surface area contributed by atoms with E-state index in [9.17, 15) is 9.59 Å². The minimum Gasteiger partial charge on any atom is -0.497 e. The van der Waals surface area contributed by atoms with Gasteiger partial charge >= 0.3 is 0 Å². The van der Waals surface area contributed by atoms with Crippen LogP contribution in [0.2, 0.25) is 0 Å². The van der Waals surface area contributed by atoms with Crippen LogP contribution in [0.4, 0.5) is 5.69 Å². The van der Waals surface area contributed by atoms with Crippen LogP contribution in [-0.4, -0.2) is 37.0 Å².